The molecule has 3 aromatic heterocycles. The van der Waals surface area contributed by atoms with E-state index in [0.29, 0.717) is 42.4 Å². The Morgan fingerprint density at radius 1 is 1.35 bits per heavy atom. The van der Waals surface area contributed by atoms with Crippen molar-refractivity contribution in [1.82, 2.24) is 29.7 Å². The number of halogens is 1. The third kappa shape index (κ3) is 2.20. The summed E-state index contributed by atoms with van der Waals surface area (Å²) in [5, 5.41) is 8.69. The van der Waals surface area contributed by atoms with Crippen LogP contribution in [0.3, 0.4) is 0 Å². The molecule has 0 unspecified atom stereocenters. The number of nitrogens with zero attached hydrogens (tertiary/aromatic N) is 5. The molecule has 4 aromatic rings. The van der Waals surface area contributed by atoms with E-state index in [0.717, 1.165) is 16.6 Å². The predicted molar refractivity (Wildman–Crippen MR) is 93.8 cm³/mol. The van der Waals surface area contributed by atoms with Gasteiger partial charge in [0.15, 0.2) is 23.0 Å². The van der Waals surface area contributed by atoms with Crippen molar-refractivity contribution in [2.24, 2.45) is 0 Å². The normalized spacial score (nSPS) is 16.2. The van der Waals surface area contributed by atoms with Gasteiger partial charge in [0.2, 0.25) is 0 Å². The Morgan fingerprint density at radius 3 is 3.19 bits per heavy atom. The summed E-state index contributed by atoms with van der Waals surface area (Å²) < 4.78 is 21.6. The van der Waals surface area contributed by atoms with Crippen LogP contribution < -0.4 is 10.1 Å². The van der Waals surface area contributed by atoms with Crippen molar-refractivity contribution in [3.8, 4) is 5.75 Å². The number of fused-ring (bicyclic) bond motifs is 1. The molecule has 0 aliphatic carbocycles. The zero-order chi connectivity index (χ0) is 17.7. The summed E-state index contributed by atoms with van der Waals surface area (Å²) in [6, 6.07) is 3.10. The molecule has 4 heterocycles. The second kappa shape index (κ2) is 5.65. The second-order valence-corrected chi connectivity index (χ2v) is 6.34. The van der Waals surface area contributed by atoms with Gasteiger partial charge in [-0.05, 0) is 12.1 Å². The van der Waals surface area contributed by atoms with E-state index in [1.165, 1.54) is 12.4 Å². The molecular formula is C17H16FN7O. The predicted octanol–water partition coefficient (Wildman–Crippen LogP) is 2.45. The van der Waals surface area contributed by atoms with E-state index in [1.807, 2.05) is 4.68 Å². The van der Waals surface area contributed by atoms with Gasteiger partial charge in [-0.3, -0.25) is 4.68 Å². The Kier molecular flexibility index (Phi) is 3.27. The number of rotatable bonds is 4. The Balaban J connectivity index is 1.45. The smallest absolute Gasteiger partial charge is 0.166 e. The van der Waals surface area contributed by atoms with Crippen molar-refractivity contribution in [3.63, 3.8) is 0 Å². The fourth-order valence-electron chi connectivity index (χ4n) is 3.46. The first kappa shape index (κ1) is 15.1. The van der Waals surface area contributed by atoms with Crippen LogP contribution in [-0.2, 0) is 6.54 Å². The highest BCUT2D eigenvalue weighted by molar-refractivity contribution is 5.89. The van der Waals surface area contributed by atoms with Crippen LogP contribution in [0, 0.1) is 5.82 Å². The fraction of sp³-hybridized carbons (Fsp3) is 0.294. The van der Waals surface area contributed by atoms with Crippen LogP contribution >= 0.6 is 0 Å². The molecule has 26 heavy (non-hydrogen) atoms. The standard InChI is InChI=1S/C17H16FN7O/c1-9-6-26-15-10(18)2-3-11-12(15)14(9)25(24-11)5-4-19-16-13-17(21-7-20-13)23-8-22-16/h2-3,7-9H,4-6H2,1H3,(H2,19,20,21,22,23)/t9-/m1/s1. The van der Waals surface area contributed by atoms with E-state index in [1.54, 1.807) is 12.4 Å². The van der Waals surface area contributed by atoms with Gasteiger partial charge >= 0.3 is 0 Å². The Morgan fingerprint density at radius 2 is 2.27 bits per heavy atom. The summed E-state index contributed by atoms with van der Waals surface area (Å²) in [6.45, 7) is 3.73. The molecular weight excluding hydrogens is 337 g/mol. The van der Waals surface area contributed by atoms with Gasteiger partial charge < -0.3 is 15.0 Å². The first-order valence-corrected chi connectivity index (χ1v) is 8.42. The van der Waals surface area contributed by atoms with Gasteiger partial charge in [0.1, 0.15) is 11.8 Å². The lowest BCUT2D eigenvalue weighted by Gasteiger charge is -2.22. The number of imidazole rings is 1. The maximum atomic E-state index is 14.1. The maximum Gasteiger partial charge on any atom is 0.166 e. The first-order valence-electron chi connectivity index (χ1n) is 8.42. The highest BCUT2D eigenvalue weighted by Crippen LogP contribution is 2.39. The van der Waals surface area contributed by atoms with E-state index in [2.05, 4.69) is 37.3 Å². The molecule has 1 aliphatic heterocycles. The number of H-pyrrole nitrogens is 1. The van der Waals surface area contributed by atoms with Crippen molar-refractivity contribution in [1.29, 1.82) is 0 Å². The number of hydrogen-bond acceptors (Lipinski definition) is 6. The quantitative estimate of drug-likeness (QED) is 0.585. The number of benzene rings is 1. The average Bonchev–Trinajstić information content (AvgIpc) is 3.26. The topological polar surface area (TPSA) is 93.5 Å². The van der Waals surface area contributed by atoms with E-state index >= 15 is 0 Å². The molecule has 9 heteroatoms. The van der Waals surface area contributed by atoms with Gasteiger partial charge in [-0.15, -0.1) is 0 Å². The monoisotopic (exact) mass is 353 g/mol. The van der Waals surface area contributed by atoms with E-state index < -0.39 is 0 Å². The minimum atomic E-state index is -0.342. The van der Waals surface area contributed by atoms with Crippen LogP contribution in [-0.4, -0.2) is 42.9 Å². The number of ether oxygens (including phenoxy) is 1. The SMILES string of the molecule is C[C@@H]1COc2c(F)ccc3nn(CCNc4ncnc5[nH]cnc45)c1c23. The fourth-order valence-corrected chi connectivity index (χ4v) is 3.46. The highest BCUT2D eigenvalue weighted by Gasteiger charge is 2.27. The Hall–Kier alpha value is -3.23. The summed E-state index contributed by atoms with van der Waals surface area (Å²) in [5.41, 5.74) is 3.15. The summed E-state index contributed by atoms with van der Waals surface area (Å²) in [5.74, 6) is 0.783. The molecule has 0 saturated heterocycles. The first-order chi connectivity index (χ1) is 12.7. The lowest BCUT2D eigenvalue weighted by Crippen LogP contribution is -2.20. The van der Waals surface area contributed by atoms with Crippen LogP contribution in [0.1, 0.15) is 18.5 Å². The van der Waals surface area contributed by atoms with E-state index in [9.17, 15) is 4.39 Å². The highest BCUT2D eigenvalue weighted by atomic mass is 19.1. The molecule has 1 aromatic carbocycles. The van der Waals surface area contributed by atoms with Crippen molar-refractivity contribution in [2.45, 2.75) is 19.4 Å². The maximum absolute atomic E-state index is 14.1. The van der Waals surface area contributed by atoms with E-state index in [-0.39, 0.29) is 11.7 Å². The van der Waals surface area contributed by atoms with Crippen LogP contribution in [0.2, 0.25) is 0 Å². The van der Waals surface area contributed by atoms with Crippen molar-refractivity contribution in [3.05, 3.63) is 36.3 Å². The third-order valence-corrected chi connectivity index (χ3v) is 4.63. The summed E-state index contributed by atoms with van der Waals surface area (Å²) >= 11 is 0. The molecule has 8 nitrogen and oxygen atoms in total. The average molecular weight is 353 g/mol. The third-order valence-electron chi connectivity index (χ3n) is 4.63. The molecule has 132 valence electrons. The van der Waals surface area contributed by atoms with Gasteiger partial charge in [0, 0.05) is 12.5 Å². The number of aromatic nitrogens is 6. The number of nitrogens with one attached hydrogen (secondary N) is 2. The van der Waals surface area contributed by atoms with Crippen LogP contribution in [0.25, 0.3) is 22.1 Å². The second-order valence-electron chi connectivity index (χ2n) is 6.34. The zero-order valence-corrected chi connectivity index (χ0v) is 14.0. The molecule has 5 rings (SSSR count). The summed E-state index contributed by atoms with van der Waals surface area (Å²) in [7, 11) is 0. The van der Waals surface area contributed by atoms with Crippen molar-refractivity contribution in [2.75, 3.05) is 18.5 Å². The minimum Gasteiger partial charge on any atom is -0.489 e. The lowest BCUT2D eigenvalue weighted by atomic mass is 10.0. The van der Waals surface area contributed by atoms with Gasteiger partial charge in [-0.25, -0.2) is 19.3 Å². The summed E-state index contributed by atoms with van der Waals surface area (Å²) in [4.78, 5) is 15.6. The van der Waals surface area contributed by atoms with Crippen LogP contribution in [0.4, 0.5) is 10.2 Å². The molecule has 0 bridgehead atoms. The summed E-state index contributed by atoms with van der Waals surface area (Å²) in [6.07, 6.45) is 3.08. The number of aromatic amines is 1. The molecule has 2 N–H and O–H groups in total. The molecule has 0 spiro atoms. The Labute approximate surface area is 147 Å². The van der Waals surface area contributed by atoms with Gasteiger partial charge in [0.05, 0.1) is 36.1 Å². The number of anilines is 1. The minimum absolute atomic E-state index is 0.145. The Bertz CT molecular complexity index is 1120. The van der Waals surface area contributed by atoms with Crippen LogP contribution in [0.5, 0.6) is 5.75 Å². The van der Waals surface area contributed by atoms with Gasteiger partial charge in [-0.1, -0.05) is 6.92 Å². The molecule has 0 saturated carbocycles. The molecule has 1 aliphatic rings. The number of hydrogen-bond donors (Lipinski definition) is 2. The van der Waals surface area contributed by atoms with Crippen molar-refractivity contribution >= 4 is 27.9 Å². The van der Waals surface area contributed by atoms with Gasteiger partial charge in [-0.2, -0.15) is 5.10 Å². The largest absolute Gasteiger partial charge is 0.489 e. The van der Waals surface area contributed by atoms with Gasteiger partial charge in [0.25, 0.3) is 0 Å². The molecule has 1 atom stereocenters. The van der Waals surface area contributed by atoms with Crippen molar-refractivity contribution < 1.29 is 9.13 Å². The zero-order valence-electron chi connectivity index (χ0n) is 14.0. The van der Waals surface area contributed by atoms with E-state index in [4.69, 9.17) is 4.74 Å². The molecule has 0 radical (unpaired) electrons. The molecule has 0 amide bonds. The van der Waals surface area contributed by atoms with Crippen LogP contribution in [0.15, 0.2) is 24.8 Å². The lowest BCUT2D eigenvalue weighted by molar-refractivity contribution is 0.271. The molecule has 0 fully saturated rings.